The van der Waals surface area contributed by atoms with Crippen LogP contribution in [0.3, 0.4) is 0 Å². The third-order valence-electron chi connectivity index (χ3n) is 3.49. The van der Waals surface area contributed by atoms with Crippen LogP contribution in [0.1, 0.15) is 24.0 Å². The van der Waals surface area contributed by atoms with E-state index in [4.69, 9.17) is 9.47 Å². The largest absolute Gasteiger partial charge is 0.497 e. The van der Waals surface area contributed by atoms with Crippen LogP contribution < -0.4 is 9.47 Å². The number of aliphatic carboxylic acids is 1. The molecule has 0 saturated carbocycles. The zero-order valence-electron chi connectivity index (χ0n) is 12.8. The van der Waals surface area contributed by atoms with Crippen molar-refractivity contribution < 1.29 is 19.4 Å². The zero-order chi connectivity index (χ0) is 15.9. The predicted octanol–water partition coefficient (Wildman–Crippen LogP) is 3.50. The molecular formula is C18H20O4. The van der Waals surface area contributed by atoms with Gasteiger partial charge in [-0.05, 0) is 48.7 Å². The van der Waals surface area contributed by atoms with Crippen LogP contribution in [0.4, 0.5) is 0 Å². The fraction of sp³-hybridized carbons (Fsp3) is 0.278. The van der Waals surface area contributed by atoms with E-state index in [-0.39, 0.29) is 0 Å². The average Bonchev–Trinajstić information content (AvgIpc) is 2.54. The minimum absolute atomic E-state index is 0.439. The van der Waals surface area contributed by atoms with Gasteiger partial charge in [0.1, 0.15) is 11.5 Å². The quantitative estimate of drug-likeness (QED) is 0.850. The van der Waals surface area contributed by atoms with Gasteiger partial charge < -0.3 is 14.6 Å². The van der Waals surface area contributed by atoms with E-state index in [0.29, 0.717) is 18.8 Å². The second kappa shape index (κ2) is 7.50. The maximum Gasteiger partial charge on any atom is 0.311 e. The minimum Gasteiger partial charge on any atom is -0.497 e. The standard InChI is InChI=1S/C18H20O4/c1-3-22-16-8-4-13(5-9-16)12-17(18(19)20)14-6-10-15(21-2)11-7-14/h4-11,17H,3,12H2,1-2H3,(H,19,20). The van der Waals surface area contributed by atoms with E-state index in [1.807, 2.05) is 31.2 Å². The molecule has 1 unspecified atom stereocenters. The van der Waals surface area contributed by atoms with E-state index < -0.39 is 11.9 Å². The molecule has 0 fully saturated rings. The topological polar surface area (TPSA) is 55.8 Å². The maximum atomic E-state index is 11.6. The van der Waals surface area contributed by atoms with Crippen molar-refractivity contribution in [2.75, 3.05) is 13.7 Å². The normalized spacial score (nSPS) is 11.7. The first-order chi connectivity index (χ1) is 10.6. The third kappa shape index (κ3) is 4.01. The van der Waals surface area contributed by atoms with E-state index in [0.717, 1.165) is 16.9 Å². The van der Waals surface area contributed by atoms with Crippen molar-refractivity contribution in [2.24, 2.45) is 0 Å². The molecule has 2 aromatic rings. The number of benzene rings is 2. The summed E-state index contributed by atoms with van der Waals surface area (Å²) in [6.45, 7) is 2.54. The monoisotopic (exact) mass is 300 g/mol. The van der Waals surface area contributed by atoms with E-state index in [9.17, 15) is 9.90 Å². The Morgan fingerprint density at radius 2 is 1.64 bits per heavy atom. The van der Waals surface area contributed by atoms with E-state index in [2.05, 4.69) is 0 Å². The van der Waals surface area contributed by atoms with Crippen molar-refractivity contribution in [1.82, 2.24) is 0 Å². The molecule has 0 spiro atoms. The van der Waals surface area contributed by atoms with Gasteiger partial charge in [-0.25, -0.2) is 0 Å². The van der Waals surface area contributed by atoms with Gasteiger partial charge in [0.25, 0.3) is 0 Å². The van der Waals surface area contributed by atoms with E-state index in [1.165, 1.54) is 0 Å². The lowest BCUT2D eigenvalue weighted by Gasteiger charge is -2.14. The summed E-state index contributed by atoms with van der Waals surface area (Å²) in [6.07, 6.45) is 0.439. The number of hydrogen-bond acceptors (Lipinski definition) is 3. The molecular weight excluding hydrogens is 280 g/mol. The third-order valence-corrected chi connectivity index (χ3v) is 3.49. The van der Waals surface area contributed by atoms with Gasteiger partial charge in [0, 0.05) is 0 Å². The van der Waals surface area contributed by atoms with Gasteiger partial charge in [0.2, 0.25) is 0 Å². The molecule has 0 amide bonds. The Bertz CT molecular complexity index is 602. The molecule has 0 radical (unpaired) electrons. The Kier molecular flexibility index (Phi) is 5.42. The Hall–Kier alpha value is -2.49. The molecule has 2 rings (SSSR count). The van der Waals surface area contributed by atoms with Crippen LogP contribution in [0.2, 0.25) is 0 Å². The lowest BCUT2D eigenvalue weighted by Crippen LogP contribution is -2.14. The SMILES string of the molecule is CCOc1ccc(CC(C(=O)O)c2ccc(OC)cc2)cc1. The molecule has 1 N–H and O–H groups in total. The van der Waals surface area contributed by atoms with Gasteiger partial charge in [-0.3, -0.25) is 4.79 Å². The average molecular weight is 300 g/mol. The highest BCUT2D eigenvalue weighted by atomic mass is 16.5. The lowest BCUT2D eigenvalue weighted by atomic mass is 9.92. The highest BCUT2D eigenvalue weighted by Gasteiger charge is 2.20. The van der Waals surface area contributed by atoms with E-state index >= 15 is 0 Å². The summed E-state index contributed by atoms with van der Waals surface area (Å²) in [7, 11) is 1.59. The van der Waals surface area contributed by atoms with Crippen molar-refractivity contribution >= 4 is 5.97 Å². The highest BCUT2D eigenvalue weighted by Crippen LogP contribution is 2.24. The molecule has 22 heavy (non-hydrogen) atoms. The van der Waals surface area contributed by atoms with Gasteiger partial charge >= 0.3 is 5.97 Å². The van der Waals surface area contributed by atoms with Gasteiger partial charge in [0.15, 0.2) is 0 Å². The summed E-state index contributed by atoms with van der Waals surface area (Å²) in [5.74, 6) is 0.0967. The Balaban J connectivity index is 2.15. The van der Waals surface area contributed by atoms with Crippen LogP contribution >= 0.6 is 0 Å². The van der Waals surface area contributed by atoms with Crippen LogP contribution in [-0.2, 0) is 11.2 Å². The summed E-state index contributed by atoms with van der Waals surface area (Å²) < 4.78 is 10.5. The smallest absolute Gasteiger partial charge is 0.311 e. The van der Waals surface area contributed by atoms with Crippen molar-refractivity contribution in [1.29, 1.82) is 0 Å². The summed E-state index contributed by atoms with van der Waals surface area (Å²) >= 11 is 0. The number of methoxy groups -OCH3 is 1. The van der Waals surface area contributed by atoms with Crippen molar-refractivity contribution in [3.63, 3.8) is 0 Å². The fourth-order valence-corrected chi connectivity index (χ4v) is 2.31. The van der Waals surface area contributed by atoms with Gasteiger partial charge in [-0.15, -0.1) is 0 Å². The lowest BCUT2D eigenvalue weighted by molar-refractivity contribution is -0.138. The summed E-state index contributed by atoms with van der Waals surface area (Å²) in [6, 6.07) is 14.7. The first kappa shape index (κ1) is 15.9. The molecule has 0 aliphatic carbocycles. The number of carbonyl (C=O) groups is 1. The molecule has 4 heteroatoms. The number of ether oxygens (including phenoxy) is 2. The van der Waals surface area contributed by atoms with Crippen LogP contribution in [0.5, 0.6) is 11.5 Å². The van der Waals surface area contributed by atoms with Crippen LogP contribution in [0.25, 0.3) is 0 Å². The Labute approximate surface area is 130 Å². The molecule has 0 aliphatic heterocycles. The molecule has 0 aromatic heterocycles. The van der Waals surface area contributed by atoms with Crippen LogP contribution in [-0.4, -0.2) is 24.8 Å². The number of rotatable bonds is 7. The molecule has 0 saturated heterocycles. The molecule has 1 atom stereocenters. The molecule has 4 nitrogen and oxygen atoms in total. The Morgan fingerprint density at radius 3 is 2.14 bits per heavy atom. The van der Waals surface area contributed by atoms with Crippen LogP contribution in [0, 0.1) is 0 Å². The summed E-state index contributed by atoms with van der Waals surface area (Å²) in [4.78, 5) is 11.6. The van der Waals surface area contributed by atoms with Gasteiger partial charge in [0.05, 0.1) is 19.6 Å². The summed E-state index contributed by atoms with van der Waals surface area (Å²) in [5, 5.41) is 9.50. The minimum atomic E-state index is -0.834. The molecule has 0 heterocycles. The van der Waals surface area contributed by atoms with Crippen molar-refractivity contribution in [2.45, 2.75) is 19.3 Å². The van der Waals surface area contributed by atoms with Gasteiger partial charge in [-0.2, -0.15) is 0 Å². The molecule has 2 aromatic carbocycles. The highest BCUT2D eigenvalue weighted by molar-refractivity contribution is 5.76. The molecule has 0 aliphatic rings. The van der Waals surface area contributed by atoms with Crippen LogP contribution in [0.15, 0.2) is 48.5 Å². The second-order valence-corrected chi connectivity index (χ2v) is 4.95. The zero-order valence-corrected chi connectivity index (χ0v) is 12.8. The van der Waals surface area contributed by atoms with Crippen molar-refractivity contribution in [3.05, 3.63) is 59.7 Å². The first-order valence-electron chi connectivity index (χ1n) is 7.22. The number of carboxylic acids is 1. The maximum absolute atomic E-state index is 11.6. The predicted molar refractivity (Wildman–Crippen MR) is 84.7 cm³/mol. The molecule has 116 valence electrons. The fourth-order valence-electron chi connectivity index (χ4n) is 2.31. The summed E-state index contributed by atoms with van der Waals surface area (Å²) in [5.41, 5.74) is 1.73. The number of hydrogen-bond donors (Lipinski definition) is 1. The van der Waals surface area contributed by atoms with E-state index in [1.54, 1.807) is 31.4 Å². The number of carboxylic acid groups (broad SMARTS) is 1. The second-order valence-electron chi connectivity index (χ2n) is 4.95. The Morgan fingerprint density at radius 1 is 1.05 bits per heavy atom. The van der Waals surface area contributed by atoms with Gasteiger partial charge in [-0.1, -0.05) is 24.3 Å². The van der Waals surface area contributed by atoms with Crippen molar-refractivity contribution in [3.8, 4) is 11.5 Å². The first-order valence-corrected chi connectivity index (χ1v) is 7.22. The molecule has 0 bridgehead atoms.